The number of aromatic amines is 1. The van der Waals surface area contributed by atoms with E-state index in [0.717, 1.165) is 25.3 Å². The van der Waals surface area contributed by atoms with Gasteiger partial charge in [-0.3, -0.25) is 9.69 Å². The normalized spacial score (nSPS) is 25.8. The van der Waals surface area contributed by atoms with E-state index in [0.29, 0.717) is 6.04 Å². The van der Waals surface area contributed by atoms with Crippen LogP contribution in [0, 0.1) is 0 Å². The van der Waals surface area contributed by atoms with Gasteiger partial charge in [0.25, 0.3) is 0 Å². The number of rotatable bonds is 2. The molecule has 0 aromatic carbocycles. The predicted molar refractivity (Wildman–Crippen MR) is 66.9 cm³/mol. The average molecular weight is 241 g/mol. The summed E-state index contributed by atoms with van der Waals surface area (Å²) < 4.78 is 0. The molecule has 2 N–H and O–H groups in total. The molecule has 4 nitrogen and oxygen atoms in total. The molecule has 1 aromatic heterocycles. The van der Waals surface area contributed by atoms with Crippen LogP contribution in [0.1, 0.15) is 26.5 Å². The first kappa shape index (κ1) is 11.8. The number of thiazole rings is 1. The van der Waals surface area contributed by atoms with E-state index in [2.05, 4.69) is 36.0 Å². The lowest BCUT2D eigenvalue weighted by atomic mass is 9.99. The van der Waals surface area contributed by atoms with Gasteiger partial charge < -0.3 is 10.3 Å². The van der Waals surface area contributed by atoms with Crippen LogP contribution in [-0.2, 0) is 6.54 Å². The molecule has 0 bridgehead atoms. The molecule has 1 atom stereocenters. The van der Waals surface area contributed by atoms with E-state index in [1.165, 1.54) is 11.3 Å². The summed E-state index contributed by atoms with van der Waals surface area (Å²) in [4.78, 5) is 16.4. The van der Waals surface area contributed by atoms with Gasteiger partial charge in [-0.05, 0) is 20.8 Å². The van der Waals surface area contributed by atoms with Crippen LogP contribution in [0.2, 0.25) is 0 Å². The Kier molecular flexibility index (Phi) is 3.19. The molecule has 5 heteroatoms. The zero-order valence-electron chi connectivity index (χ0n) is 10.0. The van der Waals surface area contributed by atoms with Gasteiger partial charge in [-0.1, -0.05) is 11.3 Å². The van der Waals surface area contributed by atoms with Crippen LogP contribution in [-0.4, -0.2) is 34.6 Å². The predicted octanol–water partition coefficient (Wildman–Crippen LogP) is 1.01. The second-order valence-electron chi connectivity index (χ2n) is 5.19. The van der Waals surface area contributed by atoms with Gasteiger partial charge in [0.15, 0.2) is 0 Å². The zero-order valence-corrected chi connectivity index (χ0v) is 10.9. The van der Waals surface area contributed by atoms with Crippen molar-refractivity contribution in [1.29, 1.82) is 0 Å². The van der Waals surface area contributed by atoms with E-state index in [-0.39, 0.29) is 10.4 Å². The maximum Gasteiger partial charge on any atom is 0.304 e. The molecule has 1 aliphatic rings. The summed E-state index contributed by atoms with van der Waals surface area (Å²) in [5.74, 6) is 0. The monoisotopic (exact) mass is 241 g/mol. The van der Waals surface area contributed by atoms with Crippen molar-refractivity contribution in [1.82, 2.24) is 15.2 Å². The largest absolute Gasteiger partial charge is 0.315 e. The molecule has 2 rings (SSSR count). The summed E-state index contributed by atoms with van der Waals surface area (Å²) in [6.07, 6.45) is 0. The Bertz CT molecular complexity index is 409. The van der Waals surface area contributed by atoms with Crippen LogP contribution in [0.3, 0.4) is 0 Å². The minimum atomic E-state index is 0.0389. The minimum absolute atomic E-state index is 0.0389. The fourth-order valence-corrected chi connectivity index (χ4v) is 2.67. The third-order valence-corrected chi connectivity index (χ3v) is 3.76. The molecular weight excluding hydrogens is 222 g/mol. The number of nitrogens with zero attached hydrogens (tertiary/aromatic N) is 1. The van der Waals surface area contributed by atoms with Crippen LogP contribution < -0.4 is 10.2 Å². The van der Waals surface area contributed by atoms with E-state index < -0.39 is 0 Å². The van der Waals surface area contributed by atoms with Crippen LogP contribution in [0.5, 0.6) is 0 Å². The third-order valence-electron chi connectivity index (χ3n) is 3.04. The molecule has 16 heavy (non-hydrogen) atoms. The Balaban J connectivity index is 2.05. The van der Waals surface area contributed by atoms with Gasteiger partial charge in [-0.15, -0.1) is 0 Å². The molecule has 0 radical (unpaired) electrons. The van der Waals surface area contributed by atoms with Crippen molar-refractivity contribution in [3.8, 4) is 0 Å². The maximum atomic E-state index is 11.1. The van der Waals surface area contributed by atoms with Crippen molar-refractivity contribution < 1.29 is 0 Å². The lowest BCUT2D eigenvalue weighted by Crippen LogP contribution is -2.60. The molecule has 1 fully saturated rings. The van der Waals surface area contributed by atoms with Crippen molar-refractivity contribution in [3.63, 3.8) is 0 Å². The first-order valence-corrected chi connectivity index (χ1v) is 6.50. The fourth-order valence-electron chi connectivity index (χ4n) is 2.09. The van der Waals surface area contributed by atoms with Gasteiger partial charge in [-0.25, -0.2) is 0 Å². The second kappa shape index (κ2) is 4.31. The molecule has 0 spiro atoms. The highest BCUT2D eigenvalue weighted by Gasteiger charge is 2.30. The lowest BCUT2D eigenvalue weighted by molar-refractivity contribution is 0.0967. The highest BCUT2D eigenvalue weighted by atomic mass is 32.1. The Hall–Kier alpha value is -0.650. The highest BCUT2D eigenvalue weighted by molar-refractivity contribution is 7.07. The molecule has 90 valence electrons. The Labute approximate surface area is 99.7 Å². The quantitative estimate of drug-likeness (QED) is 0.812. The lowest BCUT2D eigenvalue weighted by Gasteiger charge is -2.43. The van der Waals surface area contributed by atoms with E-state index in [4.69, 9.17) is 0 Å². The van der Waals surface area contributed by atoms with Crippen molar-refractivity contribution >= 4 is 11.3 Å². The average Bonchev–Trinajstić information content (AvgIpc) is 2.58. The number of aromatic nitrogens is 1. The number of nitrogens with one attached hydrogen (secondary N) is 2. The van der Waals surface area contributed by atoms with Crippen LogP contribution in [0.4, 0.5) is 0 Å². The molecular formula is C11H19N3OS. The SMILES string of the molecule is CC1CNC(C)(C)CN1Cc1csc(=O)[nH]1. The Morgan fingerprint density at radius 2 is 2.38 bits per heavy atom. The highest BCUT2D eigenvalue weighted by Crippen LogP contribution is 2.17. The summed E-state index contributed by atoms with van der Waals surface area (Å²) in [6, 6.07) is 0.511. The Morgan fingerprint density at radius 3 is 3.00 bits per heavy atom. The molecule has 1 aromatic rings. The summed E-state index contributed by atoms with van der Waals surface area (Å²) in [7, 11) is 0. The fraction of sp³-hybridized carbons (Fsp3) is 0.727. The van der Waals surface area contributed by atoms with Crippen LogP contribution >= 0.6 is 11.3 Å². The molecule has 2 heterocycles. The van der Waals surface area contributed by atoms with E-state index in [9.17, 15) is 4.79 Å². The van der Waals surface area contributed by atoms with Gasteiger partial charge >= 0.3 is 4.87 Å². The molecule has 0 amide bonds. The summed E-state index contributed by atoms with van der Waals surface area (Å²) in [6.45, 7) is 9.48. The van der Waals surface area contributed by atoms with E-state index >= 15 is 0 Å². The maximum absolute atomic E-state index is 11.1. The number of H-pyrrole nitrogens is 1. The van der Waals surface area contributed by atoms with Crippen molar-refractivity contribution in [2.75, 3.05) is 13.1 Å². The summed E-state index contributed by atoms with van der Waals surface area (Å²) >= 11 is 1.24. The molecule has 0 saturated carbocycles. The van der Waals surface area contributed by atoms with Gasteiger partial charge in [0, 0.05) is 42.3 Å². The summed E-state index contributed by atoms with van der Waals surface area (Å²) in [5.41, 5.74) is 1.18. The van der Waals surface area contributed by atoms with Gasteiger partial charge in [0.2, 0.25) is 0 Å². The smallest absolute Gasteiger partial charge is 0.304 e. The van der Waals surface area contributed by atoms with Gasteiger partial charge in [0.05, 0.1) is 0 Å². The molecule has 1 saturated heterocycles. The number of hydrogen-bond acceptors (Lipinski definition) is 4. The van der Waals surface area contributed by atoms with Crippen LogP contribution in [0.15, 0.2) is 10.2 Å². The van der Waals surface area contributed by atoms with Crippen LogP contribution in [0.25, 0.3) is 0 Å². The zero-order chi connectivity index (χ0) is 11.8. The topological polar surface area (TPSA) is 48.1 Å². The third kappa shape index (κ3) is 2.72. The summed E-state index contributed by atoms with van der Waals surface area (Å²) in [5, 5.41) is 5.44. The molecule has 1 unspecified atom stereocenters. The first-order valence-electron chi connectivity index (χ1n) is 5.62. The van der Waals surface area contributed by atoms with Crippen molar-refractivity contribution in [2.24, 2.45) is 0 Å². The van der Waals surface area contributed by atoms with Gasteiger partial charge in [0.1, 0.15) is 0 Å². The van der Waals surface area contributed by atoms with Crippen molar-refractivity contribution in [2.45, 2.75) is 38.9 Å². The van der Waals surface area contributed by atoms with Crippen molar-refractivity contribution in [3.05, 3.63) is 20.7 Å². The van der Waals surface area contributed by atoms with Gasteiger partial charge in [-0.2, -0.15) is 0 Å². The molecule has 1 aliphatic heterocycles. The number of piperazine rings is 1. The number of hydrogen-bond donors (Lipinski definition) is 2. The van der Waals surface area contributed by atoms with E-state index in [1.54, 1.807) is 0 Å². The molecule has 0 aliphatic carbocycles. The first-order chi connectivity index (χ1) is 7.46. The standard InChI is InChI=1S/C11H19N3OS/c1-8-4-12-11(2,3)7-14(8)5-9-6-16-10(15)13-9/h6,8,12H,4-5,7H2,1-3H3,(H,13,15). The van der Waals surface area contributed by atoms with E-state index in [1.807, 2.05) is 5.38 Å². The second-order valence-corrected chi connectivity index (χ2v) is 6.03. The minimum Gasteiger partial charge on any atom is -0.315 e. The Morgan fingerprint density at radius 1 is 1.62 bits per heavy atom.